The molecule has 10 heteroatoms. The number of hydrogen-bond acceptors (Lipinski definition) is 7. The Morgan fingerprint density at radius 2 is 2.08 bits per heavy atom. The summed E-state index contributed by atoms with van der Waals surface area (Å²) in [6.45, 7) is 0.439. The normalized spacial score (nSPS) is 12.4. The minimum atomic E-state index is -0.903. The van der Waals surface area contributed by atoms with Gasteiger partial charge in [-0.15, -0.1) is 0 Å². The van der Waals surface area contributed by atoms with Gasteiger partial charge in [-0.1, -0.05) is 30.3 Å². The first-order chi connectivity index (χ1) is 12.5. The predicted octanol–water partition coefficient (Wildman–Crippen LogP) is -0.713. The van der Waals surface area contributed by atoms with E-state index in [1.807, 2.05) is 30.3 Å². The quantitative estimate of drug-likeness (QED) is 0.322. The van der Waals surface area contributed by atoms with Crippen LogP contribution in [0.4, 0.5) is 5.95 Å². The molecular formula is C16H20N6O4. The summed E-state index contributed by atoms with van der Waals surface area (Å²) in [6, 6.07) is 9.57. The van der Waals surface area contributed by atoms with E-state index in [1.54, 1.807) is 0 Å². The number of nitrogens with one attached hydrogen (secondary N) is 2. The van der Waals surface area contributed by atoms with Gasteiger partial charge < -0.3 is 14.4 Å². The summed E-state index contributed by atoms with van der Waals surface area (Å²) < 4.78 is 8.13. The lowest BCUT2D eigenvalue weighted by molar-refractivity contribution is 0.0211. The summed E-state index contributed by atoms with van der Waals surface area (Å²) in [5.41, 5.74) is 2.50. The third kappa shape index (κ3) is 3.52. The highest BCUT2D eigenvalue weighted by atomic mass is 16.5. The maximum absolute atomic E-state index is 12.2. The van der Waals surface area contributed by atoms with E-state index in [2.05, 4.69) is 15.4 Å². The van der Waals surface area contributed by atoms with Crippen LogP contribution in [0.1, 0.15) is 5.56 Å². The second-order valence-corrected chi connectivity index (χ2v) is 5.84. The molecule has 0 radical (unpaired) electrons. The molecule has 0 saturated heterocycles. The average molecular weight is 360 g/mol. The maximum Gasteiger partial charge on any atom is 0.329 e. The molecule has 2 aromatic heterocycles. The van der Waals surface area contributed by atoms with Crippen molar-refractivity contribution >= 4 is 17.1 Å². The molecular weight excluding hydrogens is 340 g/mol. The van der Waals surface area contributed by atoms with Gasteiger partial charge in [0.1, 0.15) is 0 Å². The molecule has 0 amide bonds. The number of fused-ring (bicyclic) bond motifs is 1. The minimum absolute atomic E-state index is 0.0199. The van der Waals surface area contributed by atoms with Crippen LogP contribution in [-0.2, 0) is 24.9 Å². The molecule has 0 bridgehead atoms. The molecule has 1 aromatic carbocycles. The Bertz CT molecular complexity index is 1010. The highest BCUT2D eigenvalue weighted by molar-refractivity contribution is 5.74. The number of H-pyrrole nitrogens is 1. The topological polar surface area (TPSA) is 140 Å². The van der Waals surface area contributed by atoms with Gasteiger partial charge in [0, 0.05) is 7.05 Å². The van der Waals surface area contributed by atoms with Gasteiger partial charge in [-0.05, 0) is 5.56 Å². The van der Waals surface area contributed by atoms with Gasteiger partial charge in [0.15, 0.2) is 11.2 Å². The van der Waals surface area contributed by atoms with Crippen molar-refractivity contribution < 1.29 is 9.84 Å². The van der Waals surface area contributed by atoms with E-state index in [1.165, 1.54) is 16.2 Å². The number of nitrogen functional groups attached to an aromatic ring is 1. The molecule has 26 heavy (non-hydrogen) atoms. The molecule has 0 aliphatic carbocycles. The number of hydrogen-bond donors (Lipinski definition) is 4. The first kappa shape index (κ1) is 17.9. The summed E-state index contributed by atoms with van der Waals surface area (Å²) in [5, 5.41) is 10.3. The molecule has 5 N–H and O–H groups in total. The van der Waals surface area contributed by atoms with Crippen molar-refractivity contribution in [1.82, 2.24) is 19.1 Å². The lowest BCUT2D eigenvalue weighted by Gasteiger charge is -2.14. The Kier molecular flexibility index (Phi) is 5.16. The molecule has 3 rings (SSSR count). The molecule has 0 aliphatic heterocycles. The number of imidazole rings is 1. The van der Waals surface area contributed by atoms with Crippen LogP contribution in [0.5, 0.6) is 0 Å². The van der Waals surface area contributed by atoms with Crippen LogP contribution in [0.2, 0.25) is 0 Å². The number of aliphatic hydroxyl groups excluding tert-OH is 1. The minimum Gasteiger partial charge on any atom is -0.389 e. The molecule has 0 fully saturated rings. The van der Waals surface area contributed by atoms with Crippen LogP contribution in [0.25, 0.3) is 11.2 Å². The number of ether oxygens (including phenoxy) is 1. The molecule has 3 aromatic rings. The van der Waals surface area contributed by atoms with Crippen molar-refractivity contribution in [2.75, 3.05) is 12.0 Å². The van der Waals surface area contributed by atoms with E-state index in [4.69, 9.17) is 10.6 Å². The smallest absolute Gasteiger partial charge is 0.329 e. The number of nitrogens with zero attached hydrogens (tertiary/aromatic N) is 3. The monoisotopic (exact) mass is 360 g/mol. The third-order valence-corrected chi connectivity index (χ3v) is 3.95. The Morgan fingerprint density at radius 1 is 1.35 bits per heavy atom. The zero-order valence-electron chi connectivity index (χ0n) is 14.2. The van der Waals surface area contributed by atoms with Crippen molar-refractivity contribution in [3.05, 3.63) is 56.7 Å². The lowest BCUT2D eigenvalue weighted by atomic mass is 10.2. The summed E-state index contributed by atoms with van der Waals surface area (Å²) in [4.78, 5) is 30.2. The predicted molar refractivity (Wildman–Crippen MR) is 95.5 cm³/mol. The molecule has 0 saturated carbocycles. The van der Waals surface area contributed by atoms with Crippen LogP contribution >= 0.6 is 0 Å². The zero-order chi connectivity index (χ0) is 18.7. The second kappa shape index (κ2) is 7.52. The third-order valence-electron chi connectivity index (χ3n) is 3.95. The molecule has 138 valence electrons. The fourth-order valence-corrected chi connectivity index (χ4v) is 2.67. The number of anilines is 1. The van der Waals surface area contributed by atoms with E-state index >= 15 is 0 Å². The number of aryl methyl sites for hydroxylation is 1. The van der Waals surface area contributed by atoms with Crippen molar-refractivity contribution in [2.24, 2.45) is 12.9 Å². The van der Waals surface area contributed by atoms with Gasteiger partial charge in [-0.25, -0.2) is 10.6 Å². The lowest BCUT2D eigenvalue weighted by Crippen LogP contribution is -2.30. The molecule has 1 atom stereocenters. The van der Waals surface area contributed by atoms with Gasteiger partial charge in [0.05, 0.1) is 25.9 Å². The molecule has 1 unspecified atom stereocenters. The van der Waals surface area contributed by atoms with E-state index < -0.39 is 17.4 Å². The van der Waals surface area contributed by atoms with Gasteiger partial charge in [-0.2, -0.15) is 4.98 Å². The number of hydrazine groups is 1. The summed E-state index contributed by atoms with van der Waals surface area (Å²) in [7, 11) is 1.48. The summed E-state index contributed by atoms with van der Waals surface area (Å²) >= 11 is 0. The highest BCUT2D eigenvalue weighted by Gasteiger charge is 2.19. The first-order valence-corrected chi connectivity index (χ1v) is 7.97. The van der Waals surface area contributed by atoms with Crippen molar-refractivity contribution in [2.45, 2.75) is 19.3 Å². The van der Waals surface area contributed by atoms with Crippen LogP contribution in [-0.4, -0.2) is 36.9 Å². The summed E-state index contributed by atoms with van der Waals surface area (Å²) in [6.07, 6.45) is -0.903. The highest BCUT2D eigenvalue weighted by Crippen LogP contribution is 2.15. The Labute approximate surface area is 147 Å². The Balaban J connectivity index is 1.78. The zero-order valence-corrected chi connectivity index (χ0v) is 14.2. The number of nitrogens with two attached hydrogens (primary N) is 1. The number of rotatable bonds is 7. The van der Waals surface area contributed by atoms with Crippen molar-refractivity contribution in [1.29, 1.82) is 0 Å². The van der Waals surface area contributed by atoms with E-state index in [0.29, 0.717) is 6.61 Å². The number of benzene rings is 1. The maximum atomic E-state index is 12.2. The van der Waals surface area contributed by atoms with Crippen LogP contribution in [0.15, 0.2) is 39.9 Å². The fourth-order valence-electron chi connectivity index (χ4n) is 2.67. The van der Waals surface area contributed by atoms with Gasteiger partial charge in [0.2, 0.25) is 5.95 Å². The van der Waals surface area contributed by atoms with E-state index in [9.17, 15) is 14.7 Å². The second-order valence-electron chi connectivity index (χ2n) is 5.84. The van der Waals surface area contributed by atoms with Crippen molar-refractivity contribution in [3.8, 4) is 0 Å². The first-order valence-electron chi connectivity index (χ1n) is 7.97. The van der Waals surface area contributed by atoms with Gasteiger partial charge in [-0.3, -0.25) is 19.8 Å². The number of aromatic nitrogens is 4. The van der Waals surface area contributed by atoms with Gasteiger partial charge >= 0.3 is 5.69 Å². The largest absolute Gasteiger partial charge is 0.389 e. The number of aliphatic hydroxyl groups is 1. The molecule has 0 aliphatic rings. The average Bonchev–Trinajstić information content (AvgIpc) is 2.99. The van der Waals surface area contributed by atoms with Crippen LogP contribution in [0.3, 0.4) is 0 Å². The SMILES string of the molecule is Cn1c(=O)[nH]c(=O)c2c1nc(NN)n2CC(O)COCc1ccccc1. The molecule has 2 heterocycles. The Hall–Kier alpha value is -2.95. The van der Waals surface area contributed by atoms with Crippen LogP contribution < -0.4 is 22.5 Å². The fraction of sp³-hybridized carbons (Fsp3) is 0.312. The molecule has 10 nitrogen and oxygen atoms in total. The van der Waals surface area contributed by atoms with Gasteiger partial charge in [0.25, 0.3) is 5.56 Å². The van der Waals surface area contributed by atoms with E-state index in [-0.39, 0.29) is 30.3 Å². The Morgan fingerprint density at radius 3 is 2.77 bits per heavy atom. The van der Waals surface area contributed by atoms with Crippen LogP contribution in [0, 0.1) is 0 Å². The molecule has 0 spiro atoms. The van der Waals surface area contributed by atoms with Crippen molar-refractivity contribution in [3.63, 3.8) is 0 Å². The number of aromatic amines is 1. The standard InChI is InChI=1S/C16H20N6O4/c1-21-13-12(14(24)19-16(21)25)22(15(18-13)20-17)7-11(23)9-26-8-10-5-3-2-4-6-10/h2-6,11,23H,7-9,17H2,1H3,(H,18,20)(H,19,24,25). The van der Waals surface area contributed by atoms with E-state index in [0.717, 1.165) is 5.56 Å². The summed E-state index contributed by atoms with van der Waals surface area (Å²) in [5.74, 6) is 5.62.